The predicted octanol–water partition coefficient (Wildman–Crippen LogP) is 2.86. The first-order chi connectivity index (χ1) is 10.0. The van der Waals surface area contributed by atoms with Crippen LogP contribution in [-0.4, -0.2) is 34.6 Å². The van der Waals surface area contributed by atoms with Gasteiger partial charge in [0, 0.05) is 25.6 Å². The van der Waals surface area contributed by atoms with Gasteiger partial charge in [-0.3, -0.25) is 4.79 Å². The summed E-state index contributed by atoms with van der Waals surface area (Å²) < 4.78 is 0. The highest BCUT2D eigenvalue weighted by Crippen LogP contribution is 2.06. The lowest BCUT2D eigenvalue weighted by Crippen LogP contribution is -2.43. The summed E-state index contributed by atoms with van der Waals surface area (Å²) in [6.07, 6.45) is 1.38. The molecule has 1 atom stereocenters. The third-order valence-corrected chi connectivity index (χ3v) is 3.28. The summed E-state index contributed by atoms with van der Waals surface area (Å²) in [5.74, 6) is -0.798. The summed E-state index contributed by atoms with van der Waals surface area (Å²) >= 11 is 0. The number of rotatable bonds is 8. The molecule has 1 unspecified atom stereocenters. The second-order valence-electron chi connectivity index (χ2n) is 5.14. The summed E-state index contributed by atoms with van der Waals surface area (Å²) in [5, 5.41) is 11.5. The molecular weight excluding hydrogens is 268 g/mol. The van der Waals surface area contributed by atoms with Crippen molar-refractivity contribution in [2.45, 2.75) is 45.7 Å². The molecule has 0 aliphatic carbocycles. The standard InChI is InChI=1S/C16H24N2O3/c1-3-18(12-14-9-5-4-6-10-14)16(21)17-13(2)8-7-11-15(19)20/h4-6,9-10,13H,3,7-8,11-12H2,1-2H3,(H,17,21)(H,19,20). The van der Waals surface area contributed by atoms with Gasteiger partial charge in [-0.2, -0.15) is 0 Å². The highest BCUT2D eigenvalue weighted by Gasteiger charge is 2.14. The first-order valence-electron chi connectivity index (χ1n) is 7.34. The molecule has 0 heterocycles. The number of urea groups is 1. The fourth-order valence-corrected chi connectivity index (χ4v) is 2.06. The van der Waals surface area contributed by atoms with Crippen molar-refractivity contribution < 1.29 is 14.7 Å². The Kier molecular flexibility index (Phi) is 7.29. The summed E-state index contributed by atoms with van der Waals surface area (Å²) in [5.41, 5.74) is 1.09. The highest BCUT2D eigenvalue weighted by atomic mass is 16.4. The Hall–Kier alpha value is -2.04. The van der Waals surface area contributed by atoms with Gasteiger partial charge in [0.05, 0.1) is 0 Å². The quantitative estimate of drug-likeness (QED) is 0.774. The van der Waals surface area contributed by atoms with Gasteiger partial charge in [-0.15, -0.1) is 0 Å². The molecule has 1 aromatic rings. The number of aliphatic carboxylic acids is 1. The molecule has 2 N–H and O–H groups in total. The minimum atomic E-state index is -0.798. The maximum Gasteiger partial charge on any atom is 0.317 e. The maximum atomic E-state index is 12.2. The Balaban J connectivity index is 2.42. The Morgan fingerprint density at radius 1 is 1.29 bits per heavy atom. The number of nitrogens with one attached hydrogen (secondary N) is 1. The first-order valence-corrected chi connectivity index (χ1v) is 7.34. The van der Waals surface area contributed by atoms with Crippen molar-refractivity contribution in [3.05, 3.63) is 35.9 Å². The van der Waals surface area contributed by atoms with Crippen LogP contribution in [0.25, 0.3) is 0 Å². The third-order valence-electron chi connectivity index (χ3n) is 3.28. The van der Waals surface area contributed by atoms with Gasteiger partial charge < -0.3 is 15.3 Å². The summed E-state index contributed by atoms with van der Waals surface area (Å²) in [6.45, 7) is 5.04. The molecule has 0 bridgehead atoms. The fourth-order valence-electron chi connectivity index (χ4n) is 2.06. The molecule has 0 saturated carbocycles. The van der Waals surface area contributed by atoms with E-state index in [-0.39, 0.29) is 18.5 Å². The molecule has 0 aliphatic rings. The van der Waals surface area contributed by atoms with Gasteiger partial charge in [-0.1, -0.05) is 30.3 Å². The minimum absolute atomic E-state index is 0.0262. The number of carboxylic acid groups (broad SMARTS) is 1. The molecule has 116 valence electrons. The zero-order valence-corrected chi connectivity index (χ0v) is 12.7. The van der Waals surface area contributed by atoms with Crippen LogP contribution in [0.15, 0.2) is 30.3 Å². The number of carbonyl (C=O) groups excluding carboxylic acids is 1. The van der Waals surface area contributed by atoms with E-state index in [9.17, 15) is 9.59 Å². The van der Waals surface area contributed by atoms with Gasteiger partial charge >= 0.3 is 12.0 Å². The van der Waals surface area contributed by atoms with Crippen molar-refractivity contribution in [2.24, 2.45) is 0 Å². The predicted molar refractivity (Wildman–Crippen MR) is 82.0 cm³/mol. The lowest BCUT2D eigenvalue weighted by atomic mass is 10.1. The second-order valence-corrected chi connectivity index (χ2v) is 5.14. The summed E-state index contributed by atoms with van der Waals surface area (Å²) in [6, 6.07) is 9.71. The molecule has 1 aromatic carbocycles. The van der Waals surface area contributed by atoms with Crippen LogP contribution in [0.4, 0.5) is 4.79 Å². The van der Waals surface area contributed by atoms with Gasteiger partial charge in [0.25, 0.3) is 0 Å². The molecule has 21 heavy (non-hydrogen) atoms. The first kappa shape index (κ1) is 17.0. The lowest BCUT2D eigenvalue weighted by Gasteiger charge is -2.24. The number of nitrogens with zero attached hydrogens (tertiary/aromatic N) is 1. The van der Waals surface area contributed by atoms with Crippen molar-refractivity contribution in [3.8, 4) is 0 Å². The van der Waals surface area contributed by atoms with Crippen LogP contribution in [0.3, 0.4) is 0 Å². The van der Waals surface area contributed by atoms with E-state index in [0.717, 1.165) is 5.56 Å². The largest absolute Gasteiger partial charge is 0.481 e. The van der Waals surface area contributed by atoms with Crippen molar-refractivity contribution in [3.63, 3.8) is 0 Å². The fraction of sp³-hybridized carbons (Fsp3) is 0.500. The number of benzene rings is 1. The van der Waals surface area contributed by atoms with Crippen molar-refractivity contribution in [1.82, 2.24) is 10.2 Å². The molecule has 5 nitrogen and oxygen atoms in total. The van der Waals surface area contributed by atoms with E-state index in [1.54, 1.807) is 4.90 Å². The van der Waals surface area contributed by atoms with Gasteiger partial charge in [0.15, 0.2) is 0 Å². The highest BCUT2D eigenvalue weighted by molar-refractivity contribution is 5.74. The zero-order chi connectivity index (χ0) is 15.7. The number of hydrogen-bond donors (Lipinski definition) is 2. The monoisotopic (exact) mass is 292 g/mol. The molecule has 0 saturated heterocycles. The van der Waals surface area contributed by atoms with Crippen LogP contribution in [-0.2, 0) is 11.3 Å². The molecule has 0 radical (unpaired) electrons. The molecule has 0 aromatic heterocycles. The van der Waals surface area contributed by atoms with E-state index in [2.05, 4.69) is 5.32 Å². The Morgan fingerprint density at radius 3 is 2.52 bits per heavy atom. The van der Waals surface area contributed by atoms with E-state index < -0.39 is 5.97 Å². The van der Waals surface area contributed by atoms with E-state index >= 15 is 0 Å². The number of amides is 2. The number of carboxylic acids is 1. The Labute approximate surface area is 126 Å². The van der Waals surface area contributed by atoms with Gasteiger partial charge in [-0.05, 0) is 32.3 Å². The van der Waals surface area contributed by atoms with E-state index in [4.69, 9.17) is 5.11 Å². The van der Waals surface area contributed by atoms with Gasteiger partial charge in [-0.25, -0.2) is 4.79 Å². The summed E-state index contributed by atoms with van der Waals surface area (Å²) in [4.78, 5) is 24.4. The average molecular weight is 292 g/mol. The number of hydrogen-bond acceptors (Lipinski definition) is 2. The summed E-state index contributed by atoms with van der Waals surface area (Å²) in [7, 11) is 0. The molecule has 5 heteroatoms. The average Bonchev–Trinajstić information content (AvgIpc) is 2.45. The van der Waals surface area contributed by atoms with E-state index in [0.29, 0.717) is 25.9 Å². The Bertz CT molecular complexity index is 448. The Morgan fingerprint density at radius 2 is 1.95 bits per heavy atom. The minimum Gasteiger partial charge on any atom is -0.481 e. The third kappa shape index (κ3) is 6.79. The van der Waals surface area contributed by atoms with Crippen LogP contribution in [0.1, 0.15) is 38.7 Å². The van der Waals surface area contributed by atoms with E-state index in [1.165, 1.54) is 0 Å². The van der Waals surface area contributed by atoms with Crippen LogP contribution < -0.4 is 5.32 Å². The smallest absolute Gasteiger partial charge is 0.317 e. The molecule has 0 fully saturated rings. The second kappa shape index (κ2) is 9.00. The SMILES string of the molecule is CCN(Cc1ccccc1)C(=O)NC(C)CCCC(=O)O. The molecule has 1 rings (SSSR count). The van der Waals surface area contributed by atoms with Crippen LogP contribution in [0.5, 0.6) is 0 Å². The van der Waals surface area contributed by atoms with Crippen molar-refractivity contribution >= 4 is 12.0 Å². The van der Waals surface area contributed by atoms with Crippen molar-refractivity contribution in [1.29, 1.82) is 0 Å². The van der Waals surface area contributed by atoms with Gasteiger partial charge in [0.1, 0.15) is 0 Å². The van der Waals surface area contributed by atoms with Gasteiger partial charge in [0.2, 0.25) is 0 Å². The van der Waals surface area contributed by atoms with Crippen LogP contribution in [0, 0.1) is 0 Å². The van der Waals surface area contributed by atoms with Crippen molar-refractivity contribution in [2.75, 3.05) is 6.54 Å². The molecule has 2 amide bonds. The zero-order valence-electron chi connectivity index (χ0n) is 12.7. The van der Waals surface area contributed by atoms with Crippen LogP contribution in [0.2, 0.25) is 0 Å². The van der Waals surface area contributed by atoms with Crippen LogP contribution >= 0.6 is 0 Å². The lowest BCUT2D eigenvalue weighted by molar-refractivity contribution is -0.137. The maximum absolute atomic E-state index is 12.2. The molecule has 0 spiro atoms. The topological polar surface area (TPSA) is 69.6 Å². The normalized spacial score (nSPS) is 11.7. The molecular formula is C16H24N2O3. The van der Waals surface area contributed by atoms with E-state index in [1.807, 2.05) is 44.2 Å². The number of carbonyl (C=O) groups is 2. The molecule has 0 aliphatic heterocycles.